The Kier molecular flexibility index (Phi) is 5.81. The lowest BCUT2D eigenvalue weighted by Crippen LogP contribution is -2.24. The number of ether oxygens (including phenoxy) is 1. The first-order valence-corrected chi connectivity index (χ1v) is 10.4. The number of amides is 1. The molecule has 27 heavy (non-hydrogen) atoms. The second-order valence-corrected chi connectivity index (χ2v) is 8.36. The molecule has 2 heterocycles. The number of anilines is 2. The van der Waals surface area contributed by atoms with Gasteiger partial charge in [-0.05, 0) is 49.9 Å². The fourth-order valence-electron chi connectivity index (χ4n) is 3.12. The lowest BCUT2D eigenvalue weighted by Gasteiger charge is -2.22. The molecule has 1 amide bonds. The molecule has 1 aromatic heterocycles. The van der Waals surface area contributed by atoms with Crippen molar-refractivity contribution in [2.24, 2.45) is 0 Å². The lowest BCUT2D eigenvalue weighted by atomic mass is 10.1. The molecule has 8 nitrogen and oxygen atoms in total. The van der Waals surface area contributed by atoms with Gasteiger partial charge in [0, 0.05) is 25.4 Å². The maximum Gasteiger partial charge on any atom is 0.262 e. The van der Waals surface area contributed by atoms with Crippen LogP contribution in [0.25, 0.3) is 0 Å². The average molecular weight is 392 g/mol. The van der Waals surface area contributed by atoms with Gasteiger partial charge in [0.25, 0.3) is 10.0 Å². The summed E-state index contributed by atoms with van der Waals surface area (Å²) in [6, 6.07) is 4.66. The molecule has 1 saturated heterocycles. The van der Waals surface area contributed by atoms with Gasteiger partial charge in [-0.3, -0.25) is 14.2 Å². The Bertz CT molecular complexity index is 917. The molecule has 1 aliphatic heterocycles. The predicted octanol–water partition coefficient (Wildman–Crippen LogP) is 2.52. The van der Waals surface area contributed by atoms with E-state index >= 15 is 0 Å². The lowest BCUT2D eigenvalue weighted by molar-refractivity contribution is -0.114. The molecule has 0 saturated carbocycles. The van der Waals surface area contributed by atoms with E-state index in [1.165, 1.54) is 19.2 Å². The molecular formula is C18H24N4O4S. The van der Waals surface area contributed by atoms with Gasteiger partial charge in [0.15, 0.2) is 0 Å². The van der Waals surface area contributed by atoms with Crippen molar-refractivity contribution in [2.45, 2.75) is 50.7 Å². The van der Waals surface area contributed by atoms with Gasteiger partial charge in [-0.2, -0.15) is 5.10 Å². The van der Waals surface area contributed by atoms with Crippen LogP contribution in [0.5, 0.6) is 0 Å². The highest BCUT2D eigenvalue weighted by atomic mass is 32.2. The maximum absolute atomic E-state index is 12.7. The molecule has 2 N–H and O–H groups in total. The van der Waals surface area contributed by atoms with Crippen molar-refractivity contribution in [3.63, 3.8) is 0 Å². The number of aryl methyl sites for hydroxylation is 1. The van der Waals surface area contributed by atoms with E-state index in [1.807, 2.05) is 0 Å². The molecule has 0 unspecified atom stereocenters. The molecule has 1 fully saturated rings. The molecule has 0 spiro atoms. The zero-order chi connectivity index (χ0) is 19.4. The van der Waals surface area contributed by atoms with Crippen LogP contribution in [0.15, 0.2) is 35.5 Å². The molecule has 0 radical (unpaired) electrons. The molecular weight excluding hydrogens is 368 g/mol. The molecule has 0 aliphatic carbocycles. The highest BCUT2D eigenvalue weighted by Gasteiger charge is 2.19. The normalized spacial score (nSPS) is 17.5. The van der Waals surface area contributed by atoms with E-state index in [-0.39, 0.29) is 16.9 Å². The van der Waals surface area contributed by atoms with E-state index < -0.39 is 10.0 Å². The molecule has 1 aromatic carbocycles. The number of hydrogen-bond acceptors (Lipinski definition) is 5. The fourth-order valence-corrected chi connectivity index (χ4v) is 4.37. The van der Waals surface area contributed by atoms with Gasteiger partial charge in [-0.1, -0.05) is 0 Å². The minimum absolute atomic E-state index is 0.117. The van der Waals surface area contributed by atoms with Crippen molar-refractivity contribution in [1.29, 1.82) is 0 Å². The van der Waals surface area contributed by atoms with Gasteiger partial charge in [0.2, 0.25) is 5.91 Å². The van der Waals surface area contributed by atoms with Crippen molar-refractivity contribution < 1.29 is 17.9 Å². The summed E-state index contributed by atoms with van der Waals surface area (Å²) in [5, 5.41) is 6.86. The summed E-state index contributed by atoms with van der Waals surface area (Å²) < 4.78 is 35.3. The number of hydrogen-bond donors (Lipinski definition) is 2. The largest absolute Gasteiger partial charge is 0.376 e. The van der Waals surface area contributed by atoms with E-state index in [2.05, 4.69) is 15.1 Å². The monoisotopic (exact) mass is 392 g/mol. The summed E-state index contributed by atoms with van der Waals surface area (Å²) in [5.74, 6) is -0.211. The topological polar surface area (TPSA) is 102 Å². The molecule has 2 aromatic rings. The van der Waals surface area contributed by atoms with Crippen molar-refractivity contribution in [1.82, 2.24) is 9.78 Å². The zero-order valence-corrected chi connectivity index (χ0v) is 16.3. The number of sulfonamides is 1. The Morgan fingerprint density at radius 2 is 2.15 bits per heavy atom. The van der Waals surface area contributed by atoms with Crippen molar-refractivity contribution in [3.8, 4) is 0 Å². The van der Waals surface area contributed by atoms with E-state index in [0.717, 1.165) is 25.9 Å². The van der Waals surface area contributed by atoms with Gasteiger partial charge in [0.1, 0.15) is 0 Å². The number of aromatic nitrogens is 2. The second-order valence-electron chi connectivity index (χ2n) is 6.71. The highest BCUT2D eigenvalue weighted by molar-refractivity contribution is 7.92. The van der Waals surface area contributed by atoms with Crippen LogP contribution in [0.3, 0.4) is 0 Å². The summed E-state index contributed by atoms with van der Waals surface area (Å²) >= 11 is 0. The van der Waals surface area contributed by atoms with Gasteiger partial charge in [0.05, 0.1) is 29.4 Å². The average Bonchev–Trinajstić information content (AvgIpc) is 3.01. The Hall–Kier alpha value is -2.39. The van der Waals surface area contributed by atoms with Crippen LogP contribution in [0, 0.1) is 6.92 Å². The summed E-state index contributed by atoms with van der Waals surface area (Å²) in [5.41, 5.74) is 1.49. The Balaban J connectivity index is 1.70. The SMILES string of the molecule is CC(=O)Nc1ccc(S(=O)(=O)Nc2cnn(C[C@@H]3CCCCO3)c2)c(C)c1. The quantitative estimate of drug-likeness (QED) is 0.786. The number of rotatable bonds is 6. The third-order valence-electron chi connectivity index (χ3n) is 4.33. The molecule has 3 rings (SSSR count). The van der Waals surface area contributed by atoms with Gasteiger partial charge in [-0.15, -0.1) is 0 Å². The van der Waals surface area contributed by atoms with Crippen molar-refractivity contribution in [2.75, 3.05) is 16.6 Å². The summed E-state index contributed by atoms with van der Waals surface area (Å²) in [6.45, 7) is 4.45. The van der Waals surface area contributed by atoms with Crippen LogP contribution in [0.2, 0.25) is 0 Å². The highest BCUT2D eigenvalue weighted by Crippen LogP contribution is 2.22. The summed E-state index contributed by atoms with van der Waals surface area (Å²) in [7, 11) is -3.76. The third kappa shape index (κ3) is 5.08. The summed E-state index contributed by atoms with van der Waals surface area (Å²) in [6.07, 6.45) is 6.48. The smallest absolute Gasteiger partial charge is 0.262 e. The van der Waals surface area contributed by atoms with E-state index in [1.54, 1.807) is 29.9 Å². The fraction of sp³-hybridized carbons (Fsp3) is 0.444. The molecule has 1 atom stereocenters. The number of nitrogens with one attached hydrogen (secondary N) is 2. The number of carbonyl (C=O) groups excluding carboxylic acids is 1. The van der Waals surface area contributed by atoms with Crippen LogP contribution in [0.4, 0.5) is 11.4 Å². The maximum atomic E-state index is 12.7. The molecule has 0 bridgehead atoms. The second kappa shape index (κ2) is 8.10. The zero-order valence-electron chi connectivity index (χ0n) is 15.4. The van der Waals surface area contributed by atoms with Gasteiger partial charge in [-0.25, -0.2) is 8.42 Å². The van der Waals surface area contributed by atoms with E-state index in [0.29, 0.717) is 23.5 Å². The van der Waals surface area contributed by atoms with Gasteiger partial charge < -0.3 is 10.1 Å². The number of nitrogens with zero attached hydrogens (tertiary/aromatic N) is 2. The van der Waals surface area contributed by atoms with Crippen LogP contribution in [-0.4, -0.2) is 36.8 Å². The van der Waals surface area contributed by atoms with Crippen LogP contribution in [0.1, 0.15) is 31.7 Å². The van der Waals surface area contributed by atoms with Crippen LogP contribution < -0.4 is 10.0 Å². The minimum atomic E-state index is -3.76. The third-order valence-corrected chi connectivity index (χ3v) is 5.88. The molecule has 1 aliphatic rings. The Labute approximate surface area is 159 Å². The minimum Gasteiger partial charge on any atom is -0.376 e. The van der Waals surface area contributed by atoms with Crippen LogP contribution >= 0.6 is 0 Å². The van der Waals surface area contributed by atoms with E-state index in [9.17, 15) is 13.2 Å². The van der Waals surface area contributed by atoms with Crippen LogP contribution in [-0.2, 0) is 26.1 Å². The van der Waals surface area contributed by atoms with Crippen molar-refractivity contribution in [3.05, 3.63) is 36.2 Å². The Morgan fingerprint density at radius 1 is 1.33 bits per heavy atom. The summed E-state index contributed by atoms with van der Waals surface area (Å²) in [4.78, 5) is 11.3. The predicted molar refractivity (Wildman–Crippen MR) is 102 cm³/mol. The first kappa shape index (κ1) is 19.4. The molecule has 9 heteroatoms. The van der Waals surface area contributed by atoms with E-state index in [4.69, 9.17) is 4.74 Å². The van der Waals surface area contributed by atoms with Gasteiger partial charge >= 0.3 is 0 Å². The molecule has 146 valence electrons. The number of carbonyl (C=O) groups is 1. The Morgan fingerprint density at radius 3 is 2.81 bits per heavy atom. The first-order chi connectivity index (χ1) is 12.8. The number of benzene rings is 1. The first-order valence-electron chi connectivity index (χ1n) is 8.88. The standard InChI is InChI=1S/C18H24N4O4S/c1-13-9-15(20-14(2)23)6-7-18(13)27(24,25)21-16-10-19-22(11-16)12-17-5-3-4-8-26-17/h6-7,9-11,17,21H,3-5,8,12H2,1-2H3,(H,20,23)/t17-/m0/s1. The van der Waals surface area contributed by atoms with Crippen molar-refractivity contribution >= 4 is 27.3 Å².